The number of rotatable bonds is 55. The quantitative estimate of drug-likeness (QED) is 0.0243. The van der Waals surface area contributed by atoms with Crippen molar-refractivity contribution in [2.24, 2.45) is 0 Å². The summed E-state index contributed by atoms with van der Waals surface area (Å²) < 4.78 is 23.7. The molecule has 0 heterocycles. The summed E-state index contributed by atoms with van der Waals surface area (Å²) in [6.07, 6.45) is 64.5. The van der Waals surface area contributed by atoms with Gasteiger partial charge < -0.3 is 19.8 Å². The molecule has 0 aromatic rings. The van der Waals surface area contributed by atoms with Crippen molar-refractivity contribution in [3.8, 4) is 0 Å². The molecule has 68 heavy (non-hydrogen) atoms. The summed E-state index contributed by atoms with van der Waals surface area (Å²) in [6.45, 7) is 4.83. The van der Waals surface area contributed by atoms with E-state index in [1.165, 1.54) is 238 Å². The number of phosphoric ester groups is 1. The van der Waals surface area contributed by atoms with Gasteiger partial charge in [0, 0.05) is 6.42 Å². The Bertz CT molecular complexity index is 1160. The molecular formula is C59H118N2O6P+. The van der Waals surface area contributed by atoms with Gasteiger partial charge in [0.1, 0.15) is 13.2 Å². The number of likely N-dealkylation sites (N-methyl/N-ethyl adjacent to an activating group) is 1. The van der Waals surface area contributed by atoms with Gasteiger partial charge in [-0.25, -0.2) is 4.57 Å². The highest BCUT2D eigenvalue weighted by molar-refractivity contribution is 7.47. The van der Waals surface area contributed by atoms with Gasteiger partial charge >= 0.3 is 7.82 Å². The summed E-state index contributed by atoms with van der Waals surface area (Å²) in [5, 5.41) is 13.9. The van der Waals surface area contributed by atoms with Crippen LogP contribution in [0.5, 0.6) is 0 Å². The first-order valence-corrected chi connectivity index (χ1v) is 31.2. The van der Waals surface area contributed by atoms with E-state index in [0.29, 0.717) is 17.4 Å². The first-order chi connectivity index (χ1) is 33.0. The third-order valence-corrected chi connectivity index (χ3v) is 14.7. The van der Waals surface area contributed by atoms with Crippen LogP contribution in [0.3, 0.4) is 0 Å². The number of allylic oxidation sites excluding steroid dienone is 3. The maximum atomic E-state index is 13.0. The van der Waals surface area contributed by atoms with E-state index in [1.54, 1.807) is 6.08 Å². The number of nitrogens with zero attached hydrogens (tertiary/aromatic N) is 1. The van der Waals surface area contributed by atoms with E-state index in [0.717, 1.165) is 38.5 Å². The predicted octanol–water partition coefficient (Wildman–Crippen LogP) is 18.0. The lowest BCUT2D eigenvalue weighted by atomic mass is 10.0. The van der Waals surface area contributed by atoms with Crippen molar-refractivity contribution in [1.82, 2.24) is 5.32 Å². The monoisotopic (exact) mass is 982 g/mol. The van der Waals surface area contributed by atoms with Crippen LogP contribution in [0.2, 0.25) is 0 Å². The molecule has 3 unspecified atom stereocenters. The number of quaternary nitrogens is 1. The van der Waals surface area contributed by atoms with Gasteiger partial charge in [-0.1, -0.05) is 282 Å². The van der Waals surface area contributed by atoms with Gasteiger partial charge in [-0.05, 0) is 32.1 Å². The first-order valence-electron chi connectivity index (χ1n) is 29.7. The van der Waals surface area contributed by atoms with Gasteiger partial charge in [-0.15, -0.1) is 0 Å². The molecule has 0 saturated heterocycles. The van der Waals surface area contributed by atoms with Crippen LogP contribution < -0.4 is 5.32 Å². The zero-order chi connectivity index (χ0) is 49.9. The molecule has 0 fully saturated rings. The number of hydrogen-bond donors (Lipinski definition) is 3. The second-order valence-electron chi connectivity index (χ2n) is 21.7. The molecule has 0 aliphatic rings. The standard InChI is InChI=1S/C59H117N2O6P/c1-6-8-10-12-14-16-18-20-22-23-24-25-26-27-28-29-30-31-32-33-34-35-36-37-39-41-43-45-47-49-51-53-59(63)60-57(56-67-68(64,65)66-55-54-61(3,4)5)58(62)52-50-48-46-44-42-40-38-21-19-17-15-13-11-9-7-2/h42,44,50,52,57-58,62H,6-41,43,45-49,51,53-56H2,1-5H3,(H-,60,63,64,65)/p+1/b44-42+,52-50+. The third-order valence-electron chi connectivity index (χ3n) is 13.7. The fraction of sp³-hybridized carbons (Fsp3) is 0.915. The molecule has 0 aliphatic carbocycles. The summed E-state index contributed by atoms with van der Waals surface area (Å²) in [5.41, 5.74) is 0. The molecule has 0 aromatic heterocycles. The second kappa shape index (κ2) is 50.9. The van der Waals surface area contributed by atoms with E-state index in [1.807, 2.05) is 27.2 Å². The van der Waals surface area contributed by atoms with E-state index in [9.17, 15) is 19.4 Å². The maximum absolute atomic E-state index is 13.0. The number of aliphatic hydroxyl groups is 1. The third kappa shape index (κ3) is 52.8. The van der Waals surface area contributed by atoms with Crippen LogP contribution in [-0.2, 0) is 18.4 Å². The van der Waals surface area contributed by atoms with Gasteiger partial charge in [-0.2, -0.15) is 0 Å². The molecule has 0 spiro atoms. The molecule has 9 heteroatoms. The molecule has 0 saturated carbocycles. The molecular weight excluding hydrogens is 864 g/mol. The molecule has 0 radical (unpaired) electrons. The highest BCUT2D eigenvalue weighted by Gasteiger charge is 2.27. The molecule has 0 rings (SSSR count). The minimum absolute atomic E-state index is 0.0586. The van der Waals surface area contributed by atoms with Crippen molar-refractivity contribution >= 4 is 13.7 Å². The van der Waals surface area contributed by atoms with E-state index in [4.69, 9.17) is 9.05 Å². The molecule has 0 bridgehead atoms. The van der Waals surface area contributed by atoms with Gasteiger partial charge in [0.2, 0.25) is 5.91 Å². The number of aliphatic hydroxyl groups excluding tert-OH is 1. The fourth-order valence-electron chi connectivity index (χ4n) is 9.00. The zero-order valence-electron chi connectivity index (χ0n) is 46.1. The van der Waals surface area contributed by atoms with Crippen molar-refractivity contribution < 1.29 is 32.9 Å². The molecule has 8 nitrogen and oxygen atoms in total. The summed E-state index contributed by atoms with van der Waals surface area (Å²) in [5.74, 6) is -0.181. The van der Waals surface area contributed by atoms with Gasteiger partial charge in [0.05, 0.1) is 39.9 Å². The number of hydrogen-bond acceptors (Lipinski definition) is 5. The van der Waals surface area contributed by atoms with E-state index in [-0.39, 0.29) is 19.1 Å². The first kappa shape index (κ1) is 67.0. The van der Waals surface area contributed by atoms with Crippen molar-refractivity contribution in [2.75, 3.05) is 40.9 Å². The fourth-order valence-corrected chi connectivity index (χ4v) is 9.74. The minimum Gasteiger partial charge on any atom is -0.387 e. The molecule has 3 N–H and O–H groups in total. The van der Waals surface area contributed by atoms with E-state index >= 15 is 0 Å². The van der Waals surface area contributed by atoms with Gasteiger partial charge in [0.25, 0.3) is 0 Å². The lowest BCUT2D eigenvalue weighted by Crippen LogP contribution is -2.45. The van der Waals surface area contributed by atoms with Crippen molar-refractivity contribution in [2.45, 2.75) is 309 Å². The van der Waals surface area contributed by atoms with Crippen molar-refractivity contribution in [3.05, 3.63) is 24.3 Å². The Morgan fingerprint density at radius 3 is 1.18 bits per heavy atom. The number of nitrogens with one attached hydrogen (secondary N) is 1. The number of carbonyl (C=O) groups is 1. The van der Waals surface area contributed by atoms with Gasteiger partial charge in [-0.3, -0.25) is 13.8 Å². The number of phosphoric acid groups is 1. The highest BCUT2D eigenvalue weighted by atomic mass is 31.2. The number of unbranched alkanes of at least 4 members (excludes halogenated alkanes) is 40. The molecule has 1 amide bonds. The van der Waals surface area contributed by atoms with Gasteiger partial charge in [0.15, 0.2) is 0 Å². The summed E-state index contributed by atoms with van der Waals surface area (Å²) in [4.78, 5) is 23.3. The summed E-state index contributed by atoms with van der Waals surface area (Å²) in [7, 11) is 1.57. The average Bonchev–Trinajstić information content (AvgIpc) is 3.30. The Hall–Kier alpha value is -1.02. The number of amides is 1. The Balaban J connectivity index is 4.04. The van der Waals surface area contributed by atoms with Crippen LogP contribution in [0.15, 0.2) is 24.3 Å². The average molecular weight is 983 g/mol. The van der Waals surface area contributed by atoms with Crippen LogP contribution in [-0.4, -0.2) is 73.4 Å². The van der Waals surface area contributed by atoms with Crippen LogP contribution in [0.4, 0.5) is 0 Å². The maximum Gasteiger partial charge on any atom is 0.472 e. The molecule has 0 aliphatic heterocycles. The van der Waals surface area contributed by atoms with Crippen LogP contribution in [0.25, 0.3) is 0 Å². The highest BCUT2D eigenvalue weighted by Crippen LogP contribution is 2.43. The Kier molecular flexibility index (Phi) is 50.1. The van der Waals surface area contributed by atoms with E-state index < -0.39 is 20.0 Å². The normalized spacial score (nSPS) is 14.0. The molecule has 0 aromatic carbocycles. The summed E-state index contributed by atoms with van der Waals surface area (Å²) in [6, 6.07) is -0.859. The number of carbonyl (C=O) groups excluding carboxylic acids is 1. The Labute approximate surface area is 424 Å². The SMILES string of the molecule is CCCCCCCCCCC/C=C/CC/C=C/C(O)C(COP(=O)(O)OCC[N+](C)(C)C)NC(=O)CCCCCCCCCCCCCCCCCCCCCCCCCCCCCCCCC. The van der Waals surface area contributed by atoms with Crippen LogP contribution in [0.1, 0.15) is 296 Å². The van der Waals surface area contributed by atoms with E-state index in [2.05, 4.69) is 31.3 Å². The molecule has 3 atom stereocenters. The van der Waals surface area contributed by atoms with Crippen molar-refractivity contribution in [3.63, 3.8) is 0 Å². The minimum atomic E-state index is -4.35. The zero-order valence-corrected chi connectivity index (χ0v) is 47.0. The largest absolute Gasteiger partial charge is 0.472 e. The van der Waals surface area contributed by atoms with Crippen LogP contribution in [0, 0.1) is 0 Å². The Morgan fingerprint density at radius 1 is 0.485 bits per heavy atom. The lowest BCUT2D eigenvalue weighted by Gasteiger charge is -2.25. The lowest BCUT2D eigenvalue weighted by molar-refractivity contribution is -0.870. The van der Waals surface area contributed by atoms with Crippen molar-refractivity contribution in [1.29, 1.82) is 0 Å². The smallest absolute Gasteiger partial charge is 0.387 e. The topological polar surface area (TPSA) is 105 Å². The second-order valence-corrected chi connectivity index (χ2v) is 23.2. The predicted molar refractivity (Wildman–Crippen MR) is 295 cm³/mol. The summed E-state index contributed by atoms with van der Waals surface area (Å²) >= 11 is 0. The molecule has 404 valence electrons. The Morgan fingerprint density at radius 2 is 0.809 bits per heavy atom. The van der Waals surface area contributed by atoms with Crippen LogP contribution >= 0.6 is 7.82 Å².